The molecular formula is C37H69N9O6. The molecule has 15 heteroatoms. The zero-order chi connectivity index (χ0) is 38.2. The monoisotopic (exact) mass is 736 g/mol. The molecule has 0 aromatic rings. The Bertz CT molecular complexity index is 1150. The fourth-order valence-electron chi connectivity index (χ4n) is 7.63. The van der Waals surface area contributed by atoms with Crippen LogP contribution >= 0.6 is 0 Å². The van der Waals surface area contributed by atoms with Crippen molar-refractivity contribution in [2.75, 3.05) is 66.0 Å². The Morgan fingerprint density at radius 2 is 1.54 bits per heavy atom. The zero-order valence-electron chi connectivity index (χ0n) is 32.5. The van der Waals surface area contributed by atoms with E-state index in [1.807, 2.05) is 30.6 Å². The summed E-state index contributed by atoms with van der Waals surface area (Å²) >= 11 is 0. The molecule has 6 atom stereocenters. The number of aliphatic hydroxyl groups excluding tert-OH is 1. The quantitative estimate of drug-likeness (QED) is 0.129. The Morgan fingerprint density at radius 3 is 2.17 bits per heavy atom. The molecule has 1 aliphatic carbocycles. The summed E-state index contributed by atoms with van der Waals surface area (Å²) in [4.78, 5) is 75.4. The molecule has 2 aliphatic heterocycles. The van der Waals surface area contributed by atoms with Crippen molar-refractivity contribution >= 4 is 29.5 Å². The van der Waals surface area contributed by atoms with Gasteiger partial charge >= 0.3 is 0 Å². The van der Waals surface area contributed by atoms with Gasteiger partial charge < -0.3 is 42.3 Å². The SMILES string of the molecule is CCCCCCN1CCNC(=O)[C@H](C(O)CN2CCNCC2)NC(=O)[C@H](CN)NC(=O)[C@H](C2CCCCC2)NC(=O)[C@H](CC(C)C)N(C)C(=O)[C@@H]1C. The largest absolute Gasteiger partial charge is 0.389 e. The third kappa shape index (κ3) is 13.2. The molecule has 1 saturated carbocycles. The molecule has 0 radical (unpaired) electrons. The van der Waals surface area contributed by atoms with Crippen LogP contribution < -0.4 is 32.3 Å². The number of nitrogens with two attached hydrogens (primary N) is 1. The van der Waals surface area contributed by atoms with E-state index >= 15 is 0 Å². The molecule has 5 amide bonds. The van der Waals surface area contributed by atoms with Crippen LogP contribution in [0.4, 0.5) is 0 Å². The first-order valence-corrected chi connectivity index (χ1v) is 19.9. The van der Waals surface area contributed by atoms with Crippen molar-refractivity contribution in [1.29, 1.82) is 0 Å². The predicted molar refractivity (Wildman–Crippen MR) is 201 cm³/mol. The van der Waals surface area contributed by atoms with Gasteiger partial charge in [-0.05, 0) is 51.0 Å². The lowest BCUT2D eigenvalue weighted by Gasteiger charge is -2.37. The van der Waals surface area contributed by atoms with E-state index in [1.54, 1.807) is 7.05 Å². The third-order valence-electron chi connectivity index (χ3n) is 10.9. The molecule has 52 heavy (non-hydrogen) atoms. The average Bonchev–Trinajstić information content (AvgIpc) is 3.13. The molecule has 2 heterocycles. The van der Waals surface area contributed by atoms with E-state index < -0.39 is 59.9 Å². The van der Waals surface area contributed by atoms with Crippen LogP contribution in [-0.2, 0) is 24.0 Å². The fourth-order valence-corrected chi connectivity index (χ4v) is 7.63. The standard InChI is InChI=1S/C37H69N9O6/c1-6-7-8-12-18-46-21-17-40-35(50)32(30(47)24-45-19-15-39-16-20-45)43-33(48)28(23-38)41-36(51)31(27-13-10-9-11-14-27)42-34(49)29(22-25(2)3)44(5)37(52)26(46)4/h25-32,39,47H,6-24,38H2,1-5H3,(H,40,50)(H,41,51)(H,42,49)(H,43,48)/t26-,28-,29-,30?,31-,32-/m0/s1. The van der Waals surface area contributed by atoms with E-state index in [-0.39, 0.29) is 37.4 Å². The van der Waals surface area contributed by atoms with Crippen molar-refractivity contribution in [3.63, 3.8) is 0 Å². The highest BCUT2D eigenvalue weighted by atomic mass is 16.3. The van der Waals surface area contributed by atoms with Gasteiger partial charge in [-0.2, -0.15) is 0 Å². The summed E-state index contributed by atoms with van der Waals surface area (Å²) < 4.78 is 0. The van der Waals surface area contributed by atoms with Gasteiger partial charge in [0.15, 0.2) is 0 Å². The van der Waals surface area contributed by atoms with Gasteiger partial charge in [-0.25, -0.2) is 0 Å². The summed E-state index contributed by atoms with van der Waals surface area (Å²) in [5.41, 5.74) is 6.04. The van der Waals surface area contributed by atoms with Crippen molar-refractivity contribution in [3.05, 3.63) is 0 Å². The Kier molecular flexibility index (Phi) is 18.7. The second-order valence-corrected chi connectivity index (χ2v) is 15.4. The summed E-state index contributed by atoms with van der Waals surface area (Å²) in [6.45, 7) is 11.8. The number of carbonyl (C=O) groups is 5. The van der Waals surface area contributed by atoms with Crippen molar-refractivity contribution in [2.24, 2.45) is 17.6 Å². The van der Waals surface area contributed by atoms with E-state index in [9.17, 15) is 29.1 Å². The maximum atomic E-state index is 14.2. The Morgan fingerprint density at radius 1 is 0.846 bits per heavy atom. The van der Waals surface area contributed by atoms with Gasteiger partial charge in [-0.1, -0.05) is 59.3 Å². The minimum atomic E-state index is -1.32. The van der Waals surface area contributed by atoms with Crippen LogP contribution in [0.2, 0.25) is 0 Å². The first-order valence-electron chi connectivity index (χ1n) is 19.9. The first-order chi connectivity index (χ1) is 24.9. The second-order valence-electron chi connectivity index (χ2n) is 15.4. The molecule has 0 spiro atoms. The molecular weight excluding hydrogens is 666 g/mol. The molecule has 0 bridgehead atoms. The highest BCUT2D eigenvalue weighted by Crippen LogP contribution is 2.27. The van der Waals surface area contributed by atoms with Crippen molar-refractivity contribution < 1.29 is 29.1 Å². The smallest absolute Gasteiger partial charge is 0.245 e. The number of unbranched alkanes of at least 4 members (excludes halogenated alkanes) is 3. The summed E-state index contributed by atoms with van der Waals surface area (Å²) in [6, 6.07) is -4.90. The molecule has 3 aliphatic rings. The number of nitrogens with zero attached hydrogens (tertiary/aromatic N) is 3. The van der Waals surface area contributed by atoms with Gasteiger partial charge in [0.1, 0.15) is 24.2 Å². The minimum absolute atomic E-state index is 0.0849. The Labute approximate surface area is 311 Å². The lowest BCUT2D eigenvalue weighted by atomic mass is 9.83. The highest BCUT2D eigenvalue weighted by Gasteiger charge is 2.39. The predicted octanol–water partition coefficient (Wildman–Crippen LogP) is -0.480. The van der Waals surface area contributed by atoms with E-state index in [0.29, 0.717) is 32.6 Å². The molecule has 0 aromatic heterocycles. The van der Waals surface area contributed by atoms with E-state index in [1.165, 1.54) is 4.90 Å². The van der Waals surface area contributed by atoms with Crippen molar-refractivity contribution in [3.8, 4) is 0 Å². The van der Waals surface area contributed by atoms with Crippen LogP contribution in [-0.4, -0.2) is 152 Å². The van der Waals surface area contributed by atoms with Gasteiger partial charge in [0, 0.05) is 59.4 Å². The number of piperazine rings is 1. The fraction of sp³-hybridized carbons (Fsp3) is 0.865. The normalized spacial score (nSPS) is 28.4. The van der Waals surface area contributed by atoms with Crippen LogP contribution in [0.25, 0.3) is 0 Å². The van der Waals surface area contributed by atoms with Crippen LogP contribution in [0, 0.1) is 11.8 Å². The van der Waals surface area contributed by atoms with Crippen LogP contribution in [0.1, 0.15) is 91.9 Å². The number of β-amino-alcohol motifs (C(OH)–C–C–N with tert-alkyl or cyclic N) is 1. The van der Waals surface area contributed by atoms with Crippen molar-refractivity contribution in [2.45, 2.75) is 128 Å². The van der Waals surface area contributed by atoms with Gasteiger partial charge in [0.25, 0.3) is 0 Å². The number of amides is 5. The van der Waals surface area contributed by atoms with Crippen LogP contribution in [0.3, 0.4) is 0 Å². The Hall–Kier alpha value is -2.85. The molecule has 15 nitrogen and oxygen atoms in total. The number of hydrogen-bond donors (Lipinski definition) is 7. The summed E-state index contributed by atoms with van der Waals surface area (Å²) in [6.07, 6.45) is 7.45. The topological polar surface area (TPSA) is 201 Å². The van der Waals surface area contributed by atoms with Gasteiger partial charge in [0.05, 0.1) is 12.1 Å². The Balaban J connectivity index is 1.99. The summed E-state index contributed by atoms with van der Waals surface area (Å²) in [7, 11) is 1.65. The maximum absolute atomic E-state index is 14.2. The zero-order valence-corrected chi connectivity index (χ0v) is 32.5. The molecule has 2 saturated heterocycles. The van der Waals surface area contributed by atoms with Crippen LogP contribution in [0.5, 0.6) is 0 Å². The first kappa shape index (κ1) is 43.6. The van der Waals surface area contributed by atoms with Crippen LogP contribution in [0.15, 0.2) is 0 Å². The minimum Gasteiger partial charge on any atom is -0.389 e. The average molecular weight is 736 g/mol. The molecule has 1 unspecified atom stereocenters. The molecule has 8 N–H and O–H groups in total. The summed E-state index contributed by atoms with van der Waals surface area (Å²) in [5.74, 6) is -2.51. The number of likely N-dealkylation sites (N-methyl/N-ethyl adjacent to an activating group) is 1. The van der Waals surface area contributed by atoms with Gasteiger partial charge in [0.2, 0.25) is 29.5 Å². The van der Waals surface area contributed by atoms with Crippen molar-refractivity contribution in [1.82, 2.24) is 41.3 Å². The number of rotatable bonds is 12. The van der Waals surface area contributed by atoms with E-state index in [2.05, 4.69) is 33.5 Å². The molecule has 3 fully saturated rings. The highest BCUT2D eigenvalue weighted by molar-refractivity contribution is 5.96. The van der Waals surface area contributed by atoms with Gasteiger partial charge in [-0.15, -0.1) is 0 Å². The number of carbonyl (C=O) groups excluding carboxylic acids is 5. The maximum Gasteiger partial charge on any atom is 0.245 e. The lowest BCUT2D eigenvalue weighted by molar-refractivity contribution is -0.144. The van der Waals surface area contributed by atoms with E-state index in [4.69, 9.17) is 5.73 Å². The molecule has 0 aromatic carbocycles. The van der Waals surface area contributed by atoms with E-state index in [0.717, 1.165) is 70.9 Å². The molecule has 3 rings (SSSR count). The number of aliphatic hydroxyl groups is 1. The third-order valence-corrected chi connectivity index (χ3v) is 10.9. The number of hydrogen-bond acceptors (Lipinski definition) is 10. The molecule has 298 valence electrons. The van der Waals surface area contributed by atoms with Gasteiger partial charge in [-0.3, -0.25) is 33.8 Å². The second kappa shape index (κ2) is 22.4. The lowest BCUT2D eigenvalue weighted by Crippen LogP contribution is -2.64. The number of nitrogens with one attached hydrogen (secondary N) is 5. The summed E-state index contributed by atoms with van der Waals surface area (Å²) in [5, 5.41) is 26.0.